The highest BCUT2D eigenvalue weighted by Crippen LogP contribution is 2.40. The van der Waals surface area contributed by atoms with E-state index in [9.17, 15) is 4.57 Å². The van der Waals surface area contributed by atoms with Gasteiger partial charge in [-0.1, -0.05) is 12.1 Å². The molecule has 7 nitrogen and oxygen atoms in total. The number of benzene rings is 2. The molecule has 0 saturated carbocycles. The van der Waals surface area contributed by atoms with Crippen LogP contribution in [0.3, 0.4) is 0 Å². The lowest BCUT2D eigenvalue weighted by atomic mass is 10.0. The number of ether oxygens (including phenoxy) is 1. The average Bonchev–Trinajstić information content (AvgIpc) is 3.34. The van der Waals surface area contributed by atoms with E-state index in [0.29, 0.717) is 11.8 Å². The van der Waals surface area contributed by atoms with Crippen LogP contribution in [0.25, 0.3) is 22.3 Å². The fourth-order valence-corrected chi connectivity index (χ4v) is 6.27. The van der Waals surface area contributed by atoms with Crippen LogP contribution >= 0.6 is 7.14 Å². The Kier molecular flexibility index (Phi) is 7.02. The molecule has 2 aromatic heterocycles. The van der Waals surface area contributed by atoms with Crippen LogP contribution in [0.5, 0.6) is 5.75 Å². The van der Waals surface area contributed by atoms with Crippen LogP contribution in [0, 0.1) is 0 Å². The summed E-state index contributed by atoms with van der Waals surface area (Å²) >= 11 is 0. The Morgan fingerprint density at radius 2 is 1.76 bits per heavy atom. The molecule has 3 heterocycles. The van der Waals surface area contributed by atoms with Crippen LogP contribution < -0.4 is 20.3 Å². The Morgan fingerprint density at radius 1 is 1.03 bits per heavy atom. The normalized spacial score (nSPS) is 14.9. The lowest BCUT2D eigenvalue weighted by Crippen LogP contribution is -2.41. The van der Waals surface area contributed by atoms with Crippen LogP contribution in [-0.4, -0.2) is 68.5 Å². The molecule has 0 amide bonds. The Hall–Kier alpha value is -3.28. The SMILES string of the molecule is COc1ccc(Nc2ccnc3[nH]c(-c4ccc(N5CCC(N(C)C)CC5)cc4)cc23)c(P(C)(C)=O)c1. The third-order valence-corrected chi connectivity index (χ3v) is 8.85. The van der Waals surface area contributed by atoms with Crippen LogP contribution in [0.1, 0.15) is 12.8 Å². The number of aromatic amines is 1. The second-order valence-electron chi connectivity index (χ2n) is 10.4. The lowest BCUT2D eigenvalue weighted by Gasteiger charge is -2.36. The van der Waals surface area contributed by atoms with E-state index in [1.54, 1.807) is 26.6 Å². The maximum absolute atomic E-state index is 13.0. The fourth-order valence-electron chi connectivity index (χ4n) is 5.12. The summed E-state index contributed by atoms with van der Waals surface area (Å²) in [6.45, 7) is 5.72. The molecule has 1 saturated heterocycles. The molecule has 2 N–H and O–H groups in total. The highest BCUT2D eigenvalue weighted by Gasteiger charge is 2.21. The van der Waals surface area contributed by atoms with Gasteiger partial charge in [-0.25, -0.2) is 4.98 Å². The van der Waals surface area contributed by atoms with Crippen LogP contribution in [0.2, 0.25) is 0 Å². The number of H-pyrrole nitrogens is 1. The van der Waals surface area contributed by atoms with E-state index in [1.807, 2.05) is 24.3 Å². The monoisotopic (exact) mass is 517 g/mol. The van der Waals surface area contributed by atoms with Gasteiger partial charge in [0.1, 0.15) is 18.5 Å². The van der Waals surface area contributed by atoms with Gasteiger partial charge in [-0.2, -0.15) is 0 Å². The molecule has 0 spiro atoms. The molecule has 1 aliphatic rings. The number of rotatable bonds is 7. The molecule has 0 radical (unpaired) electrons. The fraction of sp³-hybridized carbons (Fsp3) is 0.345. The van der Waals surface area contributed by atoms with Gasteiger partial charge in [0.25, 0.3) is 0 Å². The molecule has 37 heavy (non-hydrogen) atoms. The average molecular weight is 518 g/mol. The topological polar surface area (TPSA) is 73.5 Å². The summed E-state index contributed by atoms with van der Waals surface area (Å²) < 4.78 is 18.4. The zero-order valence-corrected chi connectivity index (χ0v) is 23.2. The molecular weight excluding hydrogens is 481 g/mol. The molecule has 0 bridgehead atoms. The van der Waals surface area contributed by atoms with Crippen molar-refractivity contribution in [3.8, 4) is 17.0 Å². The van der Waals surface area contributed by atoms with E-state index in [0.717, 1.165) is 52.1 Å². The molecule has 4 aromatic rings. The molecule has 2 aromatic carbocycles. The largest absolute Gasteiger partial charge is 0.497 e. The zero-order valence-electron chi connectivity index (χ0n) is 22.3. The number of methoxy groups -OCH3 is 1. The molecule has 1 fully saturated rings. The molecule has 0 aliphatic carbocycles. The zero-order chi connectivity index (χ0) is 26.2. The quantitative estimate of drug-likeness (QED) is 0.304. The summed E-state index contributed by atoms with van der Waals surface area (Å²) in [5.41, 5.74) is 5.93. The number of hydrogen-bond acceptors (Lipinski definition) is 6. The van der Waals surface area contributed by atoms with Crippen LogP contribution in [0.15, 0.2) is 60.8 Å². The molecule has 1 aliphatic heterocycles. The number of anilines is 3. The van der Waals surface area contributed by atoms with E-state index < -0.39 is 7.14 Å². The molecule has 0 unspecified atom stereocenters. The van der Waals surface area contributed by atoms with Gasteiger partial charge in [-0.05, 0) is 88.3 Å². The maximum atomic E-state index is 13.0. The molecule has 5 rings (SSSR count). The van der Waals surface area contributed by atoms with Crippen molar-refractivity contribution < 1.29 is 9.30 Å². The minimum absolute atomic E-state index is 0.674. The van der Waals surface area contributed by atoms with Crippen LogP contribution in [0.4, 0.5) is 17.1 Å². The lowest BCUT2D eigenvalue weighted by molar-refractivity contribution is 0.249. The van der Waals surface area contributed by atoms with E-state index in [4.69, 9.17) is 4.74 Å². The maximum Gasteiger partial charge on any atom is 0.139 e. The summed E-state index contributed by atoms with van der Waals surface area (Å²) in [6, 6.07) is 19.2. The van der Waals surface area contributed by atoms with Crippen molar-refractivity contribution in [3.63, 3.8) is 0 Å². The number of nitrogens with zero attached hydrogens (tertiary/aromatic N) is 3. The predicted octanol–water partition coefficient (Wildman–Crippen LogP) is 5.76. The van der Waals surface area contributed by atoms with Crippen molar-refractivity contribution in [1.29, 1.82) is 0 Å². The van der Waals surface area contributed by atoms with E-state index in [2.05, 4.69) is 69.5 Å². The second kappa shape index (κ2) is 10.2. The Bertz CT molecular complexity index is 1430. The van der Waals surface area contributed by atoms with Crippen molar-refractivity contribution in [3.05, 3.63) is 60.8 Å². The third kappa shape index (κ3) is 5.39. The minimum atomic E-state index is -2.53. The molecule has 194 valence electrons. The Balaban J connectivity index is 1.40. The van der Waals surface area contributed by atoms with Crippen molar-refractivity contribution in [1.82, 2.24) is 14.9 Å². The highest BCUT2D eigenvalue weighted by molar-refractivity contribution is 7.70. The van der Waals surface area contributed by atoms with Gasteiger partial charge in [0.2, 0.25) is 0 Å². The number of aromatic nitrogens is 2. The summed E-state index contributed by atoms with van der Waals surface area (Å²) in [7, 11) is 3.44. The Morgan fingerprint density at radius 3 is 2.41 bits per heavy atom. The van der Waals surface area contributed by atoms with Gasteiger partial charge in [0.15, 0.2) is 0 Å². The second-order valence-corrected chi connectivity index (χ2v) is 13.6. The summed E-state index contributed by atoms with van der Waals surface area (Å²) in [6.07, 6.45) is 4.17. The van der Waals surface area contributed by atoms with E-state index in [1.165, 1.54) is 18.5 Å². The van der Waals surface area contributed by atoms with Gasteiger partial charge in [0.05, 0.1) is 12.8 Å². The minimum Gasteiger partial charge on any atom is -0.497 e. The molecule has 8 heteroatoms. The van der Waals surface area contributed by atoms with E-state index >= 15 is 0 Å². The summed E-state index contributed by atoms with van der Waals surface area (Å²) in [5.74, 6) is 0.693. The highest BCUT2D eigenvalue weighted by atomic mass is 31.2. The van der Waals surface area contributed by atoms with Gasteiger partial charge in [-0.15, -0.1) is 0 Å². The van der Waals surface area contributed by atoms with Gasteiger partial charge >= 0.3 is 0 Å². The van der Waals surface area contributed by atoms with E-state index in [-0.39, 0.29) is 0 Å². The predicted molar refractivity (Wildman–Crippen MR) is 156 cm³/mol. The molecule has 0 atom stereocenters. The molecular formula is C29H36N5O2P. The van der Waals surface area contributed by atoms with Crippen molar-refractivity contribution in [2.75, 3.05) is 57.8 Å². The van der Waals surface area contributed by atoms with Gasteiger partial charge in [0, 0.05) is 53.1 Å². The number of fused-ring (bicyclic) bond motifs is 1. The van der Waals surface area contributed by atoms with Crippen molar-refractivity contribution in [2.45, 2.75) is 18.9 Å². The summed E-state index contributed by atoms with van der Waals surface area (Å²) in [5, 5.41) is 5.25. The van der Waals surface area contributed by atoms with Crippen molar-refractivity contribution in [2.24, 2.45) is 0 Å². The number of piperidine rings is 1. The standard InChI is InChI=1S/C29H36N5O2P/c1-33(2)21-13-16-34(17-14-21)22-8-6-20(7-9-22)27-19-24-25(12-15-30-29(24)32-27)31-26-11-10-23(36-3)18-28(26)37(4,5)35/h6-12,15,18-19,21H,13-14,16-17H2,1-5H3,(H2,30,31,32). The number of pyridine rings is 1. The smallest absolute Gasteiger partial charge is 0.139 e. The first kappa shape index (κ1) is 25.4. The van der Waals surface area contributed by atoms with Gasteiger partial charge < -0.3 is 29.4 Å². The first-order valence-electron chi connectivity index (χ1n) is 12.7. The van der Waals surface area contributed by atoms with Crippen molar-refractivity contribution >= 4 is 40.5 Å². The number of hydrogen-bond donors (Lipinski definition) is 2. The Labute approximate surface area is 219 Å². The van der Waals surface area contributed by atoms with Gasteiger partial charge in [-0.3, -0.25) is 0 Å². The summed E-state index contributed by atoms with van der Waals surface area (Å²) in [4.78, 5) is 12.8. The number of nitrogens with one attached hydrogen (secondary N) is 2. The first-order chi connectivity index (χ1) is 17.7. The third-order valence-electron chi connectivity index (χ3n) is 7.32. The first-order valence-corrected chi connectivity index (χ1v) is 15.3. The van der Waals surface area contributed by atoms with Crippen LogP contribution in [-0.2, 0) is 4.57 Å².